The number of rotatable bonds is 8. The van der Waals surface area contributed by atoms with Crippen LogP contribution in [-0.2, 0) is 14.3 Å². The molecule has 0 heterocycles. The molecule has 0 radical (unpaired) electrons. The number of nitrogens with one attached hydrogen (secondary N) is 1. The molecule has 0 saturated carbocycles. The van der Waals surface area contributed by atoms with Crippen LogP contribution in [-0.4, -0.2) is 54.7 Å². The second kappa shape index (κ2) is 9.81. The maximum absolute atomic E-state index is 11.8. The maximum Gasteiger partial charge on any atom is 0.410 e. The monoisotopic (exact) mass is 314 g/mol. The molecule has 0 unspecified atom stereocenters. The number of nitrogens with zero attached hydrogens (tertiary/aromatic N) is 1. The molecule has 2 amide bonds. The zero-order chi connectivity index (χ0) is 17.2. The molecule has 0 aromatic carbocycles. The lowest BCUT2D eigenvalue weighted by Crippen LogP contribution is -2.41. The van der Waals surface area contributed by atoms with Gasteiger partial charge in [0, 0.05) is 26.1 Å². The third-order valence-corrected chi connectivity index (χ3v) is 2.37. The minimum atomic E-state index is -0.582. The van der Waals surface area contributed by atoms with Crippen LogP contribution >= 0.6 is 0 Å². The molecule has 0 rings (SSSR count). The average Bonchev–Trinajstić information content (AvgIpc) is 2.37. The third kappa shape index (κ3) is 10.7. The molecule has 1 N–H and O–H groups in total. The van der Waals surface area contributed by atoms with Crippen molar-refractivity contribution in [3.8, 4) is 0 Å². The zero-order valence-corrected chi connectivity index (χ0v) is 13.8. The van der Waals surface area contributed by atoms with E-state index in [1.54, 1.807) is 20.8 Å². The summed E-state index contributed by atoms with van der Waals surface area (Å²) in [5, 5.41) is 2.55. The summed E-state index contributed by atoms with van der Waals surface area (Å²) in [6.07, 6.45) is 0.584. The highest BCUT2D eigenvalue weighted by Crippen LogP contribution is 2.06. The number of carbonyl (C=O) groups is 3. The first-order valence-corrected chi connectivity index (χ1v) is 7.14. The van der Waals surface area contributed by atoms with Gasteiger partial charge in [-0.2, -0.15) is 0 Å². The lowest BCUT2D eigenvalue weighted by molar-refractivity contribution is -0.117. The van der Waals surface area contributed by atoms with Gasteiger partial charge in [0.15, 0.2) is 0 Å². The van der Waals surface area contributed by atoms with E-state index in [4.69, 9.17) is 9.47 Å². The van der Waals surface area contributed by atoms with Gasteiger partial charge in [-0.3, -0.25) is 4.79 Å². The Hall–Kier alpha value is -2.05. The molecule has 126 valence electrons. The number of hydrogen-bond donors (Lipinski definition) is 1. The Balaban J connectivity index is 4.32. The van der Waals surface area contributed by atoms with Gasteiger partial charge in [0.2, 0.25) is 0 Å². The summed E-state index contributed by atoms with van der Waals surface area (Å²) in [7, 11) is 0. The molecule has 7 heteroatoms. The Morgan fingerprint density at radius 1 is 1.23 bits per heavy atom. The number of hydrogen-bond acceptors (Lipinski definition) is 5. The molecular formula is C15H26N2O5. The van der Waals surface area contributed by atoms with Gasteiger partial charge >= 0.3 is 12.2 Å². The van der Waals surface area contributed by atoms with Crippen molar-refractivity contribution < 1.29 is 23.9 Å². The smallest absolute Gasteiger partial charge is 0.410 e. The van der Waals surface area contributed by atoms with E-state index in [0.29, 0.717) is 0 Å². The topological polar surface area (TPSA) is 84.9 Å². The van der Waals surface area contributed by atoms with E-state index in [1.807, 2.05) is 0 Å². The van der Waals surface area contributed by atoms with Crippen molar-refractivity contribution in [2.45, 2.75) is 39.7 Å². The van der Waals surface area contributed by atoms with Crippen LogP contribution in [0.15, 0.2) is 12.7 Å². The van der Waals surface area contributed by atoms with Crippen LogP contribution < -0.4 is 5.32 Å². The van der Waals surface area contributed by atoms with Crippen LogP contribution in [0, 0.1) is 0 Å². The van der Waals surface area contributed by atoms with E-state index in [-0.39, 0.29) is 38.4 Å². The Kier molecular flexibility index (Phi) is 8.89. The lowest BCUT2D eigenvalue weighted by Gasteiger charge is -2.23. The van der Waals surface area contributed by atoms with Crippen molar-refractivity contribution in [2.75, 3.05) is 26.2 Å². The number of ether oxygens (including phenoxy) is 2. The number of ketones is 1. The SMILES string of the molecule is C=CCOC(=O)N(CCNC(=O)OC(C)(C)C)CCC(C)=O. The summed E-state index contributed by atoms with van der Waals surface area (Å²) in [5.41, 5.74) is -0.582. The molecule has 7 nitrogen and oxygen atoms in total. The molecule has 0 fully saturated rings. The normalized spacial score (nSPS) is 10.5. The van der Waals surface area contributed by atoms with Crippen LogP contribution in [0.3, 0.4) is 0 Å². The average molecular weight is 314 g/mol. The Labute approximate surface area is 131 Å². The number of Topliss-reactive ketones (excluding diaryl/α,β-unsaturated/α-hetero) is 1. The van der Waals surface area contributed by atoms with Crippen LogP contribution in [0.1, 0.15) is 34.1 Å². The van der Waals surface area contributed by atoms with Gasteiger partial charge in [0.05, 0.1) is 0 Å². The summed E-state index contributed by atoms with van der Waals surface area (Å²) in [6.45, 7) is 11.0. The molecule has 22 heavy (non-hydrogen) atoms. The van der Waals surface area contributed by atoms with Gasteiger partial charge in [-0.25, -0.2) is 9.59 Å². The Morgan fingerprint density at radius 2 is 1.86 bits per heavy atom. The minimum Gasteiger partial charge on any atom is -0.445 e. The van der Waals surface area contributed by atoms with Crippen molar-refractivity contribution in [3.63, 3.8) is 0 Å². The summed E-state index contributed by atoms with van der Waals surface area (Å²) >= 11 is 0. The van der Waals surface area contributed by atoms with E-state index in [9.17, 15) is 14.4 Å². The van der Waals surface area contributed by atoms with E-state index in [1.165, 1.54) is 17.9 Å². The van der Waals surface area contributed by atoms with Gasteiger partial charge in [-0.1, -0.05) is 12.7 Å². The Morgan fingerprint density at radius 3 is 2.36 bits per heavy atom. The first-order valence-electron chi connectivity index (χ1n) is 7.14. The molecule has 0 aliphatic carbocycles. The van der Waals surface area contributed by atoms with Gasteiger partial charge in [-0.05, 0) is 27.7 Å². The second-order valence-corrected chi connectivity index (χ2v) is 5.73. The van der Waals surface area contributed by atoms with Gasteiger partial charge in [-0.15, -0.1) is 0 Å². The summed E-state index contributed by atoms with van der Waals surface area (Å²) in [5.74, 6) is -0.0263. The molecule has 0 aromatic rings. The molecule has 0 aliphatic rings. The maximum atomic E-state index is 11.8. The first kappa shape index (κ1) is 19.9. The Bertz CT molecular complexity index is 401. The molecule has 0 bridgehead atoms. The standard InChI is InChI=1S/C15H26N2O5/c1-6-11-21-14(20)17(9-7-12(2)18)10-8-16-13(19)22-15(3,4)5/h6H,1,7-11H2,2-5H3,(H,16,19). The van der Waals surface area contributed by atoms with E-state index in [2.05, 4.69) is 11.9 Å². The summed E-state index contributed by atoms with van der Waals surface area (Å²) < 4.78 is 10.0. The predicted octanol–water partition coefficient (Wildman–Crippen LogP) is 2.11. The number of alkyl carbamates (subject to hydrolysis) is 1. The van der Waals surface area contributed by atoms with E-state index < -0.39 is 17.8 Å². The third-order valence-electron chi connectivity index (χ3n) is 2.37. The van der Waals surface area contributed by atoms with Crippen molar-refractivity contribution >= 4 is 18.0 Å². The first-order chi connectivity index (χ1) is 10.2. The van der Waals surface area contributed by atoms with E-state index in [0.717, 1.165) is 0 Å². The second-order valence-electron chi connectivity index (χ2n) is 5.73. The molecule has 0 aliphatic heterocycles. The summed E-state index contributed by atoms with van der Waals surface area (Å²) in [4.78, 5) is 35.7. The fourth-order valence-corrected chi connectivity index (χ4v) is 1.42. The van der Waals surface area contributed by atoms with Crippen molar-refractivity contribution in [1.29, 1.82) is 0 Å². The highest BCUT2D eigenvalue weighted by Gasteiger charge is 2.18. The van der Waals surface area contributed by atoms with E-state index >= 15 is 0 Å². The quantitative estimate of drug-likeness (QED) is 0.694. The largest absolute Gasteiger partial charge is 0.445 e. The molecule has 0 atom stereocenters. The van der Waals surface area contributed by atoms with Crippen LogP contribution in [0.4, 0.5) is 9.59 Å². The zero-order valence-electron chi connectivity index (χ0n) is 13.8. The van der Waals surface area contributed by atoms with Gasteiger partial charge in [0.25, 0.3) is 0 Å². The molecular weight excluding hydrogens is 288 g/mol. The molecule has 0 spiro atoms. The predicted molar refractivity (Wildman–Crippen MR) is 82.7 cm³/mol. The molecule has 0 saturated heterocycles. The van der Waals surface area contributed by atoms with Crippen LogP contribution in [0.2, 0.25) is 0 Å². The highest BCUT2D eigenvalue weighted by molar-refractivity contribution is 5.76. The minimum absolute atomic E-state index is 0.0263. The van der Waals surface area contributed by atoms with Gasteiger partial charge in [0.1, 0.15) is 18.0 Å². The number of amides is 2. The van der Waals surface area contributed by atoms with Crippen LogP contribution in [0.5, 0.6) is 0 Å². The number of carbonyl (C=O) groups excluding carboxylic acids is 3. The lowest BCUT2D eigenvalue weighted by atomic mass is 10.2. The fraction of sp³-hybridized carbons (Fsp3) is 0.667. The van der Waals surface area contributed by atoms with Crippen molar-refractivity contribution in [1.82, 2.24) is 10.2 Å². The molecule has 0 aromatic heterocycles. The fourth-order valence-electron chi connectivity index (χ4n) is 1.42. The van der Waals surface area contributed by atoms with Gasteiger partial charge < -0.3 is 19.7 Å². The summed E-state index contributed by atoms with van der Waals surface area (Å²) in [6, 6.07) is 0. The van der Waals surface area contributed by atoms with Crippen molar-refractivity contribution in [3.05, 3.63) is 12.7 Å². The van der Waals surface area contributed by atoms with Crippen LogP contribution in [0.25, 0.3) is 0 Å². The van der Waals surface area contributed by atoms with Crippen molar-refractivity contribution in [2.24, 2.45) is 0 Å². The highest BCUT2D eigenvalue weighted by atomic mass is 16.6.